The molecule has 0 bridgehead atoms. The number of hydrogen-bond acceptors (Lipinski definition) is 2. The van der Waals surface area contributed by atoms with Crippen LogP contribution in [0, 0.1) is 0 Å². The van der Waals surface area contributed by atoms with E-state index in [9.17, 15) is 0 Å². The molecule has 1 aliphatic heterocycles. The van der Waals surface area contributed by atoms with Crippen LogP contribution < -0.4 is 5.32 Å². The smallest absolute Gasteiger partial charge is 0.129 e. The lowest BCUT2D eigenvalue weighted by Gasteiger charge is -2.22. The molecule has 1 N–H and O–H groups in total. The van der Waals surface area contributed by atoms with Gasteiger partial charge in [-0.1, -0.05) is 11.6 Å². The fourth-order valence-electron chi connectivity index (χ4n) is 1.53. The molecular weight excluding hydrogens is 172 g/mol. The third-order valence-electron chi connectivity index (χ3n) is 2.22. The van der Waals surface area contributed by atoms with Crippen molar-refractivity contribution in [1.82, 2.24) is 10.3 Å². The molecule has 0 fully saturated rings. The number of aromatic nitrogens is 1. The van der Waals surface area contributed by atoms with Gasteiger partial charge in [0, 0.05) is 18.8 Å². The second kappa shape index (κ2) is 3.04. The fourth-order valence-corrected chi connectivity index (χ4v) is 1.71. The van der Waals surface area contributed by atoms with Crippen molar-refractivity contribution in [3.05, 3.63) is 28.5 Å². The molecule has 0 aliphatic carbocycles. The molecule has 1 atom stereocenters. The average molecular weight is 183 g/mol. The van der Waals surface area contributed by atoms with Crippen LogP contribution >= 0.6 is 11.6 Å². The van der Waals surface area contributed by atoms with Crippen molar-refractivity contribution in [1.29, 1.82) is 0 Å². The van der Waals surface area contributed by atoms with E-state index in [1.54, 1.807) is 0 Å². The number of halogens is 1. The average Bonchev–Trinajstić information content (AvgIpc) is 2.05. The topological polar surface area (TPSA) is 24.9 Å². The van der Waals surface area contributed by atoms with Crippen LogP contribution in [-0.2, 0) is 13.0 Å². The fraction of sp³-hybridized carbons (Fsp3) is 0.444. The van der Waals surface area contributed by atoms with Crippen molar-refractivity contribution in [2.45, 2.75) is 25.9 Å². The molecule has 64 valence electrons. The van der Waals surface area contributed by atoms with Gasteiger partial charge in [0.25, 0.3) is 0 Å². The zero-order chi connectivity index (χ0) is 8.55. The maximum Gasteiger partial charge on any atom is 0.129 e. The van der Waals surface area contributed by atoms with Crippen LogP contribution in [0.5, 0.6) is 0 Å². The molecule has 0 unspecified atom stereocenters. The highest BCUT2D eigenvalue weighted by Crippen LogP contribution is 2.18. The summed E-state index contributed by atoms with van der Waals surface area (Å²) in [6.45, 7) is 3.09. The van der Waals surface area contributed by atoms with Crippen molar-refractivity contribution in [2.75, 3.05) is 0 Å². The van der Waals surface area contributed by atoms with Crippen molar-refractivity contribution in [2.24, 2.45) is 0 Å². The van der Waals surface area contributed by atoms with Crippen LogP contribution in [-0.4, -0.2) is 11.0 Å². The van der Waals surface area contributed by atoms with E-state index >= 15 is 0 Å². The van der Waals surface area contributed by atoms with E-state index < -0.39 is 0 Å². The van der Waals surface area contributed by atoms with Crippen LogP contribution in [0.4, 0.5) is 0 Å². The molecule has 0 saturated carbocycles. The highest BCUT2D eigenvalue weighted by atomic mass is 35.5. The van der Waals surface area contributed by atoms with Gasteiger partial charge in [-0.15, -0.1) is 0 Å². The summed E-state index contributed by atoms with van der Waals surface area (Å²) in [5.41, 5.74) is 2.61. The van der Waals surface area contributed by atoms with Crippen molar-refractivity contribution in [3.63, 3.8) is 0 Å². The summed E-state index contributed by atoms with van der Waals surface area (Å²) in [4.78, 5) is 4.06. The van der Waals surface area contributed by atoms with Gasteiger partial charge in [0.05, 0.1) is 0 Å². The monoisotopic (exact) mass is 182 g/mol. The van der Waals surface area contributed by atoms with E-state index in [0.29, 0.717) is 11.2 Å². The summed E-state index contributed by atoms with van der Waals surface area (Å²) in [5.74, 6) is 0. The minimum Gasteiger partial charge on any atom is -0.310 e. The van der Waals surface area contributed by atoms with Crippen LogP contribution in [0.15, 0.2) is 12.3 Å². The molecule has 0 radical (unpaired) electrons. The molecule has 1 aromatic heterocycles. The van der Waals surface area contributed by atoms with Gasteiger partial charge in [-0.25, -0.2) is 4.98 Å². The first-order valence-electron chi connectivity index (χ1n) is 4.12. The number of pyridine rings is 1. The number of fused-ring (bicyclic) bond motifs is 1. The maximum atomic E-state index is 5.77. The second-order valence-electron chi connectivity index (χ2n) is 3.26. The maximum absolute atomic E-state index is 5.77. The van der Waals surface area contributed by atoms with Gasteiger partial charge >= 0.3 is 0 Å². The molecule has 12 heavy (non-hydrogen) atoms. The lowest BCUT2D eigenvalue weighted by atomic mass is 9.99. The van der Waals surface area contributed by atoms with Gasteiger partial charge in [-0.2, -0.15) is 0 Å². The summed E-state index contributed by atoms with van der Waals surface area (Å²) < 4.78 is 0. The predicted octanol–water partition coefficient (Wildman–Crippen LogP) is 1.77. The van der Waals surface area contributed by atoms with Gasteiger partial charge in [0.15, 0.2) is 0 Å². The van der Waals surface area contributed by atoms with Gasteiger partial charge < -0.3 is 5.32 Å². The van der Waals surface area contributed by atoms with E-state index in [1.165, 1.54) is 11.1 Å². The minimum atomic E-state index is 0.556. The van der Waals surface area contributed by atoms with E-state index in [-0.39, 0.29) is 0 Å². The SMILES string of the molecule is C[C@H]1Cc2cnc(Cl)cc2CN1. The molecule has 0 saturated heterocycles. The molecule has 0 aromatic carbocycles. The van der Waals surface area contributed by atoms with E-state index in [2.05, 4.69) is 17.2 Å². The summed E-state index contributed by atoms with van der Waals surface area (Å²) in [6, 6.07) is 2.50. The van der Waals surface area contributed by atoms with Gasteiger partial charge in [-0.05, 0) is 30.5 Å². The van der Waals surface area contributed by atoms with Crippen LogP contribution in [0.25, 0.3) is 0 Å². The van der Waals surface area contributed by atoms with Crippen molar-refractivity contribution in [3.8, 4) is 0 Å². The Morgan fingerprint density at radius 2 is 2.42 bits per heavy atom. The Labute approximate surface area is 77.0 Å². The zero-order valence-electron chi connectivity index (χ0n) is 6.97. The Hall–Kier alpha value is -0.600. The van der Waals surface area contributed by atoms with Gasteiger partial charge in [0.1, 0.15) is 5.15 Å². The molecule has 2 nitrogen and oxygen atoms in total. The Morgan fingerprint density at radius 1 is 1.58 bits per heavy atom. The van der Waals surface area contributed by atoms with E-state index in [1.807, 2.05) is 12.3 Å². The Morgan fingerprint density at radius 3 is 3.25 bits per heavy atom. The summed E-state index contributed by atoms with van der Waals surface area (Å²) >= 11 is 5.77. The molecule has 0 amide bonds. The Kier molecular flexibility index (Phi) is 2.03. The standard InChI is InChI=1S/C9H11ClN2/c1-6-2-7-5-12-9(10)3-8(7)4-11-6/h3,5-6,11H,2,4H2,1H3/t6-/m0/s1. The normalized spacial score (nSPS) is 22.0. The first kappa shape index (κ1) is 8.02. The minimum absolute atomic E-state index is 0.556. The lowest BCUT2D eigenvalue weighted by molar-refractivity contribution is 0.512. The highest BCUT2D eigenvalue weighted by Gasteiger charge is 2.14. The van der Waals surface area contributed by atoms with Crippen LogP contribution in [0.2, 0.25) is 5.15 Å². The number of rotatable bonds is 0. The first-order chi connectivity index (χ1) is 5.75. The third kappa shape index (κ3) is 1.45. The summed E-state index contributed by atoms with van der Waals surface area (Å²) in [7, 11) is 0. The van der Waals surface area contributed by atoms with E-state index in [4.69, 9.17) is 11.6 Å². The quantitative estimate of drug-likeness (QED) is 0.619. The van der Waals surface area contributed by atoms with Crippen LogP contribution in [0.3, 0.4) is 0 Å². The molecule has 2 heterocycles. The Balaban J connectivity index is 2.37. The molecule has 1 aliphatic rings. The molecule has 2 rings (SSSR count). The molecule has 0 spiro atoms. The number of hydrogen-bond donors (Lipinski definition) is 1. The van der Waals surface area contributed by atoms with Crippen LogP contribution in [0.1, 0.15) is 18.1 Å². The Bertz CT molecular complexity index is 299. The highest BCUT2D eigenvalue weighted by molar-refractivity contribution is 6.29. The van der Waals surface area contributed by atoms with Crippen molar-refractivity contribution < 1.29 is 0 Å². The summed E-state index contributed by atoms with van der Waals surface area (Å²) in [5, 5.41) is 3.97. The number of nitrogens with zero attached hydrogens (tertiary/aromatic N) is 1. The third-order valence-corrected chi connectivity index (χ3v) is 2.42. The van der Waals surface area contributed by atoms with Crippen molar-refractivity contribution >= 4 is 11.6 Å². The van der Waals surface area contributed by atoms with Gasteiger partial charge in [-0.3, -0.25) is 0 Å². The zero-order valence-corrected chi connectivity index (χ0v) is 7.73. The second-order valence-corrected chi connectivity index (χ2v) is 3.65. The molecule has 3 heteroatoms. The molecule has 1 aromatic rings. The lowest BCUT2D eigenvalue weighted by Crippen LogP contribution is -2.32. The first-order valence-corrected chi connectivity index (χ1v) is 4.50. The largest absolute Gasteiger partial charge is 0.310 e. The van der Waals surface area contributed by atoms with Gasteiger partial charge in [0.2, 0.25) is 0 Å². The van der Waals surface area contributed by atoms with E-state index in [0.717, 1.165) is 13.0 Å². The molecular formula is C9H11ClN2. The summed E-state index contributed by atoms with van der Waals surface area (Å²) in [6.07, 6.45) is 2.94. The predicted molar refractivity (Wildman–Crippen MR) is 49.3 cm³/mol. The number of nitrogens with one attached hydrogen (secondary N) is 1.